The van der Waals surface area contributed by atoms with Crippen LogP contribution in [0, 0.1) is 11.3 Å². The van der Waals surface area contributed by atoms with Crippen LogP contribution in [-0.4, -0.2) is 46.3 Å². The maximum atomic E-state index is 12.4. The molecule has 4 N–H and O–H groups in total. The quantitative estimate of drug-likeness (QED) is 0.530. The normalized spacial score (nSPS) is 15.4. The maximum absolute atomic E-state index is 12.4. The summed E-state index contributed by atoms with van der Waals surface area (Å²) in [5, 5.41) is 12.6. The van der Waals surface area contributed by atoms with Crippen molar-refractivity contribution in [3.8, 4) is 6.07 Å². The number of carbonyl (C=O) groups excluding carboxylic acids is 2. The Hall–Kier alpha value is -3.18. The highest BCUT2D eigenvalue weighted by Gasteiger charge is 2.15. The van der Waals surface area contributed by atoms with Crippen LogP contribution < -0.4 is 11.1 Å². The molecule has 3 heterocycles. The van der Waals surface area contributed by atoms with Crippen molar-refractivity contribution < 1.29 is 9.59 Å². The molecule has 0 aliphatic carbocycles. The van der Waals surface area contributed by atoms with Crippen LogP contribution in [0.1, 0.15) is 31.2 Å². The fraction of sp³-hybridized carbons (Fsp3) is 0.368. The summed E-state index contributed by atoms with van der Waals surface area (Å²) in [6.45, 7) is 2.83. The zero-order valence-corrected chi connectivity index (χ0v) is 15.0. The van der Waals surface area contributed by atoms with E-state index in [1.165, 1.54) is 25.3 Å². The van der Waals surface area contributed by atoms with E-state index in [0.717, 1.165) is 19.6 Å². The number of anilines is 1. The van der Waals surface area contributed by atoms with Gasteiger partial charge in [-0.3, -0.25) is 9.59 Å². The molecule has 2 aromatic heterocycles. The largest absolute Gasteiger partial charge is 0.365 e. The first kappa shape index (κ1) is 18.6. The van der Waals surface area contributed by atoms with Crippen molar-refractivity contribution in [2.75, 3.05) is 25.0 Å². The van der Waals surface area contributed by atoms with E-state index >= 15 is 0 Å². The van der Waals surface area contributed by atoms with Gasteiger partial charge >= 0.3 is 0 Å². The molecule has 0 saturated carbocycles. The smallest absolute Gasteiger partial charge is 0.259 e. The highest BCUT2D eigenvalue weighted by Crippen LogP contribution is 2.27. The predicted molar refractivity (Wildman–Crippen MR) is 102 cm³/mol. The van der Waals surface area contributed by atoms with Gasteiger partial charge in [-0.15, -0.1) is 0 Å². The number of piperidine rings is 1. The predicted octanol–water partition coefficient (Wildman–Crippen LogP) is 1.77. The minimum Gasteiger partial charge on any atom is -0.365 e. The lowest BCUT2D eigenvalue weighted by Gasteiger charge is -2.25. The fourth-order valence-electron chi connectivity index (χ4n) is 3.27. The average molecular weight is 366 g/mol. The van der Waals surface area contributed by atoms with Crippen molar-refractivity contribution in [3.63, 3.8) is 0 Å². The van der Waals surface area contributed by atoms with Crippen molar-refractivity contribution in [1.29, 1.82) is 5.26 Å². The summed E-state index contributed by atoms with van der Waals surface area (Å²) in [7, 11) is 0. The van der Waals surface area contributed by atoms with Gasteiger partial charge in [0.15, 0.2) is 0 Å². The van der Waals surface area contributed by atoms with Crippen molar-refractivity contribution in [3.05, 3.63) is 29.6 Å². The number of nitrogens with two attached hydrogens (primary N) is 1. The van der Waals surface area contributed by atoms with Gasteiger partial charge in [0.1, 0.15) is 17.3 Å². The minimum absolute atomic E-state index is 0.0837. The van der Waals surface area contributed by atoms with Gasteiger partial charge in [0.2, 0.25) is 5.91 Å². The number of carbonyl (C=O) groups is 2. The number of likely N-dealkylation sites (tertiary alicyclic amines) is 1. The Morgan fingerprint density at radius 3 is 2.85 bits per heavy atom. The first-order valence-corrected chi connectivity index (χ1v) is 8.98. The molecule has 27 heavy (non-hydrogen) atoms. The summed E-state index contributed by atoms with van der Waals surface area (Å²) in [6.07, 6.45) is 8.65. The molecule has 2 amide bonds. The third-order valence-electron chi connectivity index (χ3n) is 4.67. The van der Waals surface area contributed by atoms with Crippen molar-refractivity contribution >= 4 is 34.6 Å². The van der Waals surface area contributed by atoms with E-state index in [0.29, 0.717) is 28.7 Å². The number of H-pyrrole nitrogens is 1. The highest BCUT2D eigenvalue weighted by atomic mass is 16.2. The van der Waals surface area contributed by atoms with Gasteiger partial charge in [-0.1, -0.05) is 6.42 Å². The van der Waals surface area contributed by atoms with E-state index in [1.54, 1.807) is 24.5 Å². The molecule has 1 aliphatic heterocycles. The molecule has 2 aromatic rings. The number of nitriles is 1. The molecule has 1 saturated heterocycles. The van der Waals surface area contributed by atoms with E-state index in [2.05, 4.69) is 20.2 Å². The number of aromatic amines is 1. The molecule has 3 rings (SSSR count). The fourth-order valence-corrected chi connectivity index (χ4v) is 3.27. The van der Waals surface area contributed by atoms with E-state index in [9.17, 15) is 9.59 Å². The highest BCUT2D eigenvalue weighted by molar-refractivity contribution is 6.07. The molecule has 8 heteroatoms. The number of hydrogen-bond acceptors (Lipinski definition) is 5. The maximum Gasteiger partial charge on any atom is 0.259 e. The van der Waals surface area contributed by atoms with Crippen LogP contribution in [0.15, 0.2) is 24.0 Å². The third kappa shape index (κ3) is 4.51. The number of fused-ring (bicyclic) bond motifs is 1. The SMILES string of the molecule is N#C/C(=C/c1c[nH]c2nccc(NC(=O)CCN3CCCCC3)c12)C(N)=O. The van der Waals surface area contributed by atoms with Gasteiger partial charge in [-0.25, -0.2) is 4.98 Å². The van der Waals surface area contributed by atoms with Gasteiger partial charge in [-0.2, -0.15) is 5.26 Å². The summed E-state index contributed by atoms with van der Waals surface area (Å²) < 4.78 is 0. The summed E-state index contributed by atoms with van der Waals surface area (Å²) in [5.41, 5.74) is 6.75. The number of nitrogens with one attached hydrogen (secondary N) is 2. The second kappa shape index (κ2) is 8.47. The van der Waals surface area contributed by atoms with Crippen LogP contribution in [0.5, 0.6) is 0 Å². The molecular weight excluding hydrogens is 344 g/mol. The van der Waals surface area contributed by atoms with Gasteiger partial charge in [0, 0.05) is 36.3 Å². The Bertz CT molecular complexity index is 918. The first-order chi connectivity index (χ1) is 13.1. The van der Waals surface area contributed by atoms with Crippen LogP contribution in [0.3, 0.4) is 0 Å². The minimum atomic E-state index is -0.803. The van der Waals surface area contributed by atoms with E-state index < -0.39 is 5.91 Å². The number of hydrogen-bond donors (Lipinski definition) is 3. The first-order valence-electron chi connectivity index (χ1n) is 8.98. The molecule has 0 aromatic carbocycles. The molecule has 1 fully saturated rings. The third-order valence-corrected chi connectivity index (χ3v) is 4.67. The number of primary amides is 1. The number of rotatable bonds is 6. The lowest BCUT2D eigenvalue weighted by atomic mass is 10.1. The number of pyridine rings is 1. The van der Waals surface area contributed by atoms with Gasteiger partial charge < -0.3 is 20.9 Å². The Morgan fingerprint density at radius 1 is 1.37 bits per heavy atom. The molecule has 1 aliphatic rings. The van der Waals surface area contributed by atoms with Crippen LogP contribution in [0.25, 0.3) is 17.1 Å². The monoisotopic (exact) mass is 366 g/mol. The second-order valence-corrected chi connectivity index (χ2v) is 6.56. The van der Waals surface area contributed by atoms with Crippen molar-refractivity contribution in [2.45, 2.75) is 25.7 Å². The van der Waals surface area contributed by atoms with Crippen molar-refractivity contribution in [2.24, 2.45) is 5.73 Å². The van der Waals surface area contributed by atoms with Crippen LogP contribution in [-0.2, 0) is 9.59 Å². The molecule has 0 spiro atoms. The summed E-state index contributed by atoms with van der Waals surface area (Å²) >= 11 is 0. The number of aromatic nitrogens is 2. The molecule has 0 radical (unpaired) electrons. The standard InChI is InChI=1S/C19H22N6O2/c20-11-13(18(21)27)10-14-12-23-19-17(14)15(4-6-22-19)24-16(26)5-9-25-7-2-1-3-8-25/h4,6,10,12H,1-3,5,7-9H2,(H2,21,27)(H2,22,23,24,26)/b13-10-. The Kier molecular flexibility index (Phi) is 5.84. The van der Waals surface area contributed by atoms with Crippen LogP contribution >= 0.6 is 0 Å². The summed E-state index contributed by atoms with van der Waals surface area (Å²) in [6, 6.07) is 3.48. The molecule has 0 bridgehead atoms. The average Bonchev–Trinajstić information content (AvgIpc) is 3.09. The second-order valence-electron chi connectivity index (χ2n) is 6.56. The molecular formula is C19H22N6O2. The lowest BCUT2D eigenvalue weighted by molar-refractivity contribution is -0.116. The molecule has 0 atom stereocenters. The van der Waals surface area contributed by atoms with Crippen LogP contribution in [0.4, 0.5) is 5.69 Å². The summed E-state index contributed by atoms with van der Waals surface area (Å²) in [5.74, 6) is -0.887. The topological polar surface area (TPSA) is 128 Å². The molecule has 8 nitrogen and oxygen atoms in total. The number of nitrogens with zero attached hydrogens (tertiary/aromatic N) is 3. The Morgan fingerprint density at radius 2 is 2.15 bits per heavy atom. The van der Waals surface area contributed by atoms with Crippen LogP contribution in [0.2, 0.25) is 0 Å². The lowest BCUT2D eigenvalue weighted by Crippen LogP contribution is -2.32. The van der Waals surface area contributed by atoms with Crippen molar-refractivity contribution in [1.82, 2.24) is 14.9 Å². The van der Waals surface area contributed by atoms with E-state index in [4.69, 9.17) is 11.0 Å². The Balaban J connectivity index is 1.78. The molecule has 0 unspecified atom stereocenters. The van der Waals surface area contributed by atoms with E-state index in [-0.39, 0.29) is 11.5 Å². The van der Waals surface area contributed by atoms with Gasteiger partial charge in [0.05, 0.1) is 5.69 Å². The molecule has 140 valence electrons. The summed E-state index contributed by atoms with van der Waals surface area (Å²) in [4.78, 5) is 33.2. The number of amides is 2. The van der Waals surface area contributed by atoms with E-state index in [1.807, 2.05) is 0 Å². The zero-order chi connectivity index (χ0) is 19.2. The van der Waals surface area contributed by atoms with Gasteiger partial charge in [-0.05, 0) is 38.1 Å². The Labute approximate surface area is 157 Å². The zero-order valence-electron chi connectivity index (χ0n) is 15.0. The van der Waals surface area contributed by atoms with Gasteiger partial charge in [0.25, 0.3) is 5.91 Å².